The van der Waals surface area contributed by atoms with Gasteiger partial charge in [-0.25, -0.2) is 0 Å². The summed E-state index contributed by atoms with van der Waals surface area (Å²) in [5, 5.41) is 7.07. The molecule has 0 saturated heterocycles. The van der Waals surface area contributed by atoms with Crippen LogP contribution < -0.4 is 10.6 Å². The molecule has 0 atom stereocenters. The molecule has 0 aliphatic heterocycles. The van der Waals surface area contributed by atoms with E-state index in [1.165, 1.54) is 36.1 Å². The number of hydrogen-bond acceptors (Lipinski definition) is 2. The van der Waals surface area contributed by atoms with E-state index in [-0.39, 0.29) is 0 Å². The lowest BCUT2D eigenvalue weighted by molar-refractivity contribution is 0.151. The number of benzene rings is 1. The molecule has 2 rings (SSSR count). The van der Waals surface area contributed by atoms with Crippen molar-refractivity contribution < 1.29 is 0 Å². The highest BCUT2D eigenvalue weighted by Gasteiger charge is 2.36. The fourth-order valence-electron chi connectivity index (χ4n) is 3.02. The zero-order chi connectivity index (χ0) is 13.0. The Morgan fingerprint density at radius 2 is 2.00 bits per heavy atom. The van der Waals surface area contributed by atoms with E-state index in [1.807, 2.05) is 0 Å². The Bertz CT molecular complexity index is 394. The molecule has 1 aliphatic rings. The predicted molar refractivity (Wildman–Crippen MR) is 79.3 cm³/mol. The van der Waals surface area contributed by atoms with Gasteiger partial charge in [0.25, 0.3) is 0 Å². The Balaban J connectivity index is 2.05. The number of nitrogens with one attached hydrogen (secondary N) is 2. The van der Waals surface area contributed by atoms with Crippen LogP contribution in [0, 0.1) is 12.3 Å². The molecule has 0 heterocycles. The molecule has 0 bridgehead atoms. The molecule has 1 saturated carbocycles. The number of rotatable bonds is 6. The van der Waals surface area contributed by atoms with Gasteiger partial charge in [0, 0.05) is 24.2 Å². The molecule has 0 spiro atoms. The van der Waals surface area contributed by atoms with Crippen LogP contribution in [0.25, 0.3) is 0 Å². The Labute approximate surface area is 111 Å². The first-order valence-corrected chi connectivity index (χ1v) is 7.18. The molecule has 0 unspecified atom stereocenters. The van der Waals surface area contributed by atoms with Gasteiger partial charge < -0.3 is 10.6 Å². The van der Waals surface area contributed by atoms with Crippen molar-refractivity contribution in [3.63, 3.8) is 0 Å². The van der Waals surface area contributed by atoms with Crippen LogP contribution in [0.15, 0.2) is 18.2 Å². The van der Waals surface area contributed by atoms with E-state index in [2.05, 4.69) is 49.7 Å². The quantitative estimate of drug-likeness (QED) is 0.804. The number of para-hydroxylation sites is 1. The fraction of sp³-hybridized carbons (Fsp3) is 0.625. The predicted octanol–water partition coefficient (Wildman–Crippen LogP) is 3.36. The van der Waals surface area contributed by atoms with Gasteiger partial charge in [0.05, 0.1) is 0 Å². The van der Waals surface area contributed by atoms with E-state index in [0.717, 1.165) is 19.5 Å². The molecule has 18 heavy (non-hydrogen) atoms. The van der Waals surface area contributed by atoms with Crippen LogP contribution in [-0.4, -0.2) is 20.1 Å². The Hall–Kier alpha value is -1.02. The monoisotopic (exact) mass is 246 g/mol. The fourth-order valence-corrected chi connectivity index (χ4v) is 3.02. The van der Waals surface area contributed by atoms with Gasteiger partial charge in [-0.15, -0.1) is 0 Å². The third-order valence-corrected chi connectivity index (χ3v) is 4.35. The van der Waals surface area contributed by atoms with E-state index < -0.39 is 0 Å². The number of hydrogen-bond donors (Lipinski definition) is 2. The van der Waals surface area contributed by atoms with Crippen molar-refractivity contribution in [3.8, 4) is 0 Å². The minimum absolute atomic E-state index is 0.488. The maximum Gasteiger partial charge on any atom is 0.0402 e. The lowest BCUT2D eigenvalue weighted by Crippen LogP contribution is -2.44. The van der Waals surface area contributed by atoms with E-state index >= 15 is 0 Å². The van der Waals surface area contributed by atoms with Gasteiger partial charge >= 0.3 is 0 Å². The number of aryl methyl sites for hydroxylation is 2. The second-order valence-electron chi connectivity index (χ2n) is 5.70. The van der Waals surface area contributed by atoms with Crippen LogP contribution in [0.2, 0.25) is 0 Å². The minimum atomic E-state index is 0.488. The third-order valence-electron chi connectivity index (χ3n) is 4.35. The summed E-state index contributed by atoms with van der Waals surface area (Å²) in [6.45, 7) is 6.67. The molecule has 0 aromatic heterocycles. The average Bonchev–Trinajstić information content (AvgIpc) is 2.33. The minimum Gasteiger partial charge on any atom is -0.384 e. The van der Waals surface area contributed by atoms with Crippen LogP contribution in [-0.2, 0) is 6.42 Å². The third kappa shape index (κ3) is 2.69. The average molecular weight is 246 g/mol. The van der Waals surface area contributed by atoms with Gasteiger partial charge in [0.1, 0.15) is 0 Å². The summed E-state index contributed by atoms with van der Waals surface area (Å²) in [6, 6.07) is 6.60. The molecular formula is C16H26N2. The second kappa shape index (κ2) is 5.75. The SMILES string of the molecule is CCc1cccc(C)c1NCC1(CNC)CCC1. The van der Waals surface area contributed by atoms with Crippen molar-refractivity contribution >= 4 is 5.69 Å². The molecule has 100 valence electrons. The van der Waals surface area contributed by atoms with Gasteiger partial charge in [0.2, 0.25) is 0 Å². The molecule has 1 aromatic carbocycles. The highest BCUT2D eigenvalue weighted by Crippen LogP contribution is 2.40. The first kappa shape index (κ1) is 13.4. The molecule has 0 radical (unpaired) electrons. The summed E-state index contributed by atoms with van der Waals surface area (Å²) in [5.74, 6) is 0. The summed E-state index contributed by atoms with van der Waals surface area (Å²) in [6.07, 6.45) is 5.20. The van der Waals surface area contributed by atoms with Crippen molar-refractivity contribution in [1.29, 1.82) is 0 Å². The van der Waals surface area contributed by atoms with Crippen molar-refractivity contribution in [3.05, 3.63) is 29.3 Å². The summed E-state index contributed by atoms with van der Waals surface area (Å²) >= 11 is 0. The summed E-state index contributed by atoms with van der Waals surface area (Å²) in [7, 11) is 2.06. The van der Waals surface area contributed by atoms with Gasteiger partial charge in [-0.1, -0.05) is 31.5 Å². The first-order valence-electron chi connectivity index (χ1n) is 7.18. The van der Waals surface area contributed by atoms with Crippen molar-refractivity contribution in [2.24, 2.45) is 5.41 Å². The lowest BCUT2D eigenvalue weighted by Gasteiger charge is -2.42. The van der Waals surface area contributed by atoms with E-state index in [4.69, 9.17) is 0 Å². The van der Waals surface area contributed by atoms with Gasteiger partial charge in [0.15, 0.2) is 0 Å². The largest absolute Gasteiger partial charge is 0.384 e. The van der Waals surface area contributed by atoms with Crippen LogP contribution in [0.1, 0.15) is 37.3 Å². The molecular weight excluding hydrogens is 220 g/mol. The standard InChI is InChI=1S/C16H26N2/c1-4-14-8-5-7-13(2)15(14)18-12-16(11-17-3)9-6-10-16/h5,7-8,17-18H,4,6,9-12H2,1-3H3. The highest BCUT2D eigenvalue weighted by atomic mass is 14.9. The lowest BCUT2D eigenvalue weighted by atomic mass is 9.68. The van der Waals surface area contributed by atoms with Gasteiger partial charge in [-0.05, 0) is 44.4 Å². The Kier molecular flexibility index (Phi) is 4.28. The van der Waals surface area contributed by atoms with Crippen molar-refractivity contribution in [2.75, 3.05) is 25.5 Å². The van der Waals surface area contributed by atoms with E-state index in [9.17, 15) is 0 Å². The van der Waals surface area contributed by atoms with Crippen LogP contribution >= 0.6 is 0 Å². The maximum absolute atomic E-state index is 3.72. The molecule has 2 nitrogen and oxygen atoms in total. The van der Waals surface area contributed by atoms with Crippen LogP contribution in [0.5, 0.6) is 0 Å². The van der Waals surface area contributed by atoms with E-state index in [1.54, 1.807) is 0 Å². The summed E-state index contributed by atoms with van der Waals surface area (Å²) in [5.41, 5.74) is 4.66. The van der Waals surface area contributed by atoms with Crippen LogP contribution in [0.3, 0.4) is 0 Å². The molecule has 2 heteroatoms. The molecule has 1 aliphatic carbocycles. The Morgan fingerprint density at radius 1 is 1.22 bits per heavy atom. The second-order valence-corrected chi connectivity index (χ2v) is 5.70. The van der Waals surface area contributed by atoms with Crippen LogP contribution in [0.4, 0.5) is 5.69 Å². The number of anilines is 1. The Morgan fingerprint density at radius 3 is 2.56 bits per heavy atom. The normalized spacial score (nSPS) is 17.3. The zero-order valence-corrected chi connectivity index (χ0v) is 12.0. The highest BCUT2D eigenvalue weighted by molar-refractivity contribution is 5.57. The smallest absolute Gasteiger partial charge is 0.0402 e. The first-order chi connectivity index (χ1) is 8.71. The van der Waals surface area contributed by atoms with Gasteiger partial charge in [-0.2, -0.15) is 0 Å². The molecule has 0 amide bonds. The zero-order valence-electron chi connectivity index (χ0n) is 12.0. The topological polar surface area (TPSA) is 24.1 Å². The summed E-state index contributed by atoms with van der Waals surface area (Å²) < 4.78 is 0. The molecule has 1 fully saturated rings. The molecule has 1 aromatic rings. The summed E-state index contributed by atoms with van der Waals surface area (Å²) in [4.78, 5) is 0. The van der Waals surface area contributed by atoms with Crippen molar-refractivity contribution in [2.45, 2.75) is 39.5 Å². The molecule has 2 N–H and O–H groups in total. The van der Waals surface area contributed by atoms with Crippen molar-refractivity contribution in [1.82, 2.24) is 5.32 Å². The van der Waals surface area contributed by atoms with E-state index in [0.29, 0.717) is 5.41 Å². The maximum atomic E-state index is 3.72. The van der Waals surface area contributed by atoms with Gasteiger partial charge in [-0.3, -0.25) is 0 Å².